The first-order chi connectivity index (χ1) is 10.8. The van der Waals surface area contributed by atoms with Crippen molar-refractivity contribution in [3.05, 3.63) is 51.6 Å². The zero-order chi connectivity index (χ0) is 16.9. The maximum atomic E-state index is 13.5. The highest BCUT2D eigenvalue weighted by Gasteiger charge is 2.32. The average molecular weight is 317 g/mol. The lowest BCUT2D eigenvalue weighted by Crippen LogP contribution is -2.34. The number of hydrogen-bond donors (Lipinski definition) is 4. The standard InChI is InChI=1S/C13H9BFN3O5/c15-8-2-1-5(3-7(8)14(22)23)18-9(19)4-6-10(11(18)16)13(21)17-12(6)20/h1-4,22-23H,16H2,(H,17,20,21). The van der Waals surface area contributed by atoms with Crippen LogP contribution in [0.25, 0.3) is 5.69 Å². The Balaban J connectivity index is 2.29. The summed E-state index contributed by atoms with van der Waals surface area (Å²) in [5.41, 5.74) is 4.34. The predicted octanol–water partition coefficient (Wildman–Crippen LogP) is -1.88. The van der Waals surface area contributed by atoms with Gasteiger partial charge in [-0.2, -0.15) is 0 Å². The summed E-state index contributed by atoms with van der Waals surface area (Å²) in [6, 6.07) is 4.05. The van der Waals surface area contributed by atoms with Gasteiger partial charge in [-0.25, -0.2) is 4.39 Å². The summed E-state index contributed by atoms with van der Waals surface area (Å²) >= 11 is 0. The first-order valence-electron chi connectivity index (χ1n) is 6.38. The zero-order valence-electron chi connectivity index (χ0n) is 11.4. The Morgan fingerprint density at radius 2 is 1.83 bits per heavy atom. The summed E-state index contributed by atoms with van der Waals surface area (Å²) in [5, 5.41) is 20.3. The molecule has 116 valence electrons. The highest BCUT2D eigenvalue weighted by Crippen LogP contribution is 2.22. The molecule has 8 nitrogen and oxygen atoms in total. The minimum absolute atomic E-state index is 0.0203. The molecule has 5 N–H and O–H groups in total. The normalized spacial score (nSPS) is 13.0. The first-order valence-corrected chi connectivity index (χ1v) is 6.38. The number of imide groups is 1. The van der Waals surface area contributed by atoms with Crippen LogP contribution in [0.5, 0.6) is 0 Å². The molecule has 2 amide bonds. The predicted molar refractivity (Wildman–Crippen MR) is 78.0 cm³/mol. The van der Waals surface area contributed by atoms with Crippen molar-refractivity contribution in [1.29, 1.82) is 0 Å². The molecule has 0 spiro atoms. The van der Waals surface area contributed by atoms with Gasteiger partial charge >= 0.3 is 7.12 Å². The van der Waals surface area contributed by atoms with Gasteiger partial charge in [0.25, 0.3) is 17.4 Å². The van der Waals surface area contributed by atoms with Gasteiger partial charge in [0.15, 0.2) is 0 Å². The number of aromatic nitrogens is 1. The van der Waals surface area contributed by atoms with Crippen molar-refractivity contribution in [2.45, 2.75) is 0 Å². The van der Waals surface area contributed by atoms with Gasteiger partial charge in [0.05, 0.1) is 16.8 Å². The molecule has 3 rings (SSSR count). The molecule has 0 radical (unpaired) electrons. The monoisotopic (exact) mass is 317 g/mol. The van der Waals surface area contributed by atoms with Crippen LogP contribution in [0.2, 0.25) is 0 Å². The number of nitrogens with one attached hydrogen (secondary N) is 1. The summed E-state index contributed by atoms with van der Waals surface area (Å²) in [6.45, 7) is 0. The molecule has 1 aromatic heterocycles. The van der Waals surface area contributed by atoms with E-state index < -0.39 is 35.8 Å². The summed E-state index contributed by atoms with van der Waals surface area (Å²) < 4.78 is 14.4. The fourth-order valence-corrected chi connectivity index (χ4v) is 2.41. The molecule has 1 aliphatic heterocycles. The van der Waals surface area contributed by atoms with Crippen molar-refractivity contribution in [2.75, 3.05) is 5.73 Å². The molecule has 0 unspecified atom stereocenters. The zero-order valence-corrected chi connectivity index (χ0v) is 11.4. The van der Waals surface area contributed by atoms with Crippen LogP contribution >= 0.6 is 0 Å². The fraction of sp³-hybridized carbons (Fsp3) is 0. The number of pyridine rings is 1. The molecule has 0 fully saturated rings. The number of carbonyl (C=O) groups excluding carboxylic acids is 2. The lowest BCUT2D eigenvalue weighted by molar-refractivity contribution is 0.0880. The summed E-state index contributed by atoms with van der Waals surface area (Å²) in [6.07, 6.45) is 0. The topological polar surface area (TPSA) is 135 Å². The quantitative estimate of drug-likeness (QED) is 0.378. The van der Waals surface area contributed by atoms with Crippen LogP contribution in [0, 0.1) is 5.82 Å². The van der Waals surface area contributed by atoms with Gasteiger partial charge in [0.1, 0.15) is 11.6 Å². The molecule has 1 aliphatic rings. The second kappa shape index (κ2) is 5.04. The van der Waals surface area contributed by atoms with Crippen LogP contribution < -0.4 is 22.1 Å². The van der Waals surface area contributed by atoms with E-state index in [4.69, 9.17) is 15.8 Å². The van der Waals surface area contributed by atoms with Crippen molar-refractivity contribution < 1.29 is 24.0 Å². The molecule has 0 bridgehead atoms. The number of nitrogens with zero attached hydrogens (tertiary/aromatic N) is 1. The van der Waals surface area contributed by atoms with Gasteiger partial charge in [0.2, 0.25) is 0 Å². The summed E-state index contributed by atoms with van der Waals surface area (Å²) in [7, 11) is -2.09. The van der Waals surface area contributed by atoms with E-state index in [9.17, 15) is 18.8 Å². The Kier molecular flexibility index (Phi) is 3.27. The minimum atomic E-state index is -2.09. The first kappa shape index (κ1) is 14.9. The molecule has 23 heavy (non-hydrogen) atoms. The van der Waals surface area contributed by atoms with Gasteiger partial charge < -0.3 is 15.8 Å². The molecule has 0 saturated carbocycles. The molecular formula is C13H9BFN3O5. The minimum Gasteiger partial charge on any atom is -0.423 e. The Bertz CT molecular complexity index is 925. The second-order valence-electron chi connectivity index (χ2n) is 4.85. The lowest BCUT2D eigenvalue weighted by Gasteiger charge is -2.13. The molecule has 1 aromatic carbocycles. The van der Waals surface area contributed by atoms with Crippen molar-refractivity contribution in [3.8, 4) is 5.69 Å². The van der Waals surface area contributed by atoms with E-state index in [1.165, 1.54) is 6.07 Å². The summed E-state index contributed by atoms with van der Waals surface area (Å²) in [4.78, 5) is 35.5. The molecular weight excluding hydrogens is 308 g/mol. The van der Waals surface area contributed by atoms with Gasteiger partial charge in [-0.15, -0.1) is 0 Å². The summed E-state index contributed by atoms with van der Waals surface area (Å²) in [5.74, 6) is -2.67. The van der Waals surface area contributed by atoms with E-state index in [1.807, 2.05) is 5.32 Å². The highest BCUT2D eigenvalue weighted by molar-refractivity contribution is 6.58. The number of nitrogen functional groups attached to an aromatic ring is 1. The highest BCUT2D eigenvalue weighted by atomic mass is 19.1. The van der Waals surface area contributed by atoms with Crippen LogP contribution in [-0.4, -0.2) is 33.5 Å². The third-order valence-corrected chi connectivity index (χ3v) is 3.47. The van der Waals surface area contributed by atoms with E-state index >= 15 is 0 Å². The number of halogens is 1. The molecule has 2 heterocycles. The third kappa shape index (κ3) is 2.20. The van der Waals surface area contributed by atoms with E-state index in [0.717, 1.165) is 22.8 Å². The van der Waals surface area contributed by atoms with Gasteiger partial charge in [-0.05, 0) is 18.2 Å². The number of nitrogens with two attached hydrogens (primary N) is 1. The van der Waals surface area contributed by atoms with E-state index in [0.29, 0.717) is 0 Å². The van der Waals surface area contributed by atoms with Crippen molar-refractivity contribution in [1.82, 2.24) is 9.88 Å². The number of hydrogen-bond acceptors (Lipinski definition) is 6. The Labute approximate surface area is 128 Å². The number of anilines is 1. The Morgan fingerprint density at radius 1 is 1.13 bits per heavy atom. The number of carbonyl (C=O) groups is 2. The maximum absolute atomic E-state index is 13.5. The van der Waals surface area contributed by atoms with Crippen molar-refractivity contribution in [2.24, 2.45) is 0 Å². The van der Waals surface area contributed by atoms with Crippen molar-refractivity contribution in [3.63, 3.8) is 0 Å². The number of amides is 2. The Hall–Kier alpha value is -2.98. The maximum Gasteiger partial charge on any atom is 0.491 e. The molecule has 0 saturated heterocycles. The van der Waals surface area contributed by atoms with Gasteiger partial charge in [-0.3, -0.25) is 24.3 Å². The molecule has 2 aromatic rings. The van der Waals surface area contributed by atoms with Crippen LogP contribution in [0.3, 0.4) is 0 Å². The van der Waals surface area contributed by atoms with Crippen molar-refractivity contribution >= 4 is 30.2 Å². The SMILES string of the molecule is Nc1c2c(cc(=O)n1-c1ccc(F)c(B(O)O)c1)C(=O)NC2=O. The smallest absolute Gasteiger partial charge is 0.423 e. The van der Waals surface area contributed by atoms with Gasteiger partial charge in [-0.1, -0.05) is 0 Å². The average Bonchev–Trinajstić information content (AvgIpc) is 2.75. The molecule has 10 heteroatoms. The second-order valence-corrected chi connectivity index (χ2v) is 4.85. The molecule has 0 atom stereocenters. The Morgan fingerprint density at radius 3 is 2.48 bits per heavy atom. The van der Waals surface area contributed by atoms with E-state index in [2.05, 4.69) is 0 Å². The lowest BCUT2D eigenvalue weighted by atomic mass is 9.79. The molecule has 0 aliphatic carbocycles. The van der Waals surface area contributed by atoms with Crippen LogP contribution in [-0.2, 0) is 0 Å². The number of fused-ring (bicyclic) bond motifs is 1. The van der Waals surface area contributed by atoms with E-state index in [-0.39, 0.29) is 22.6 Å². The largest absolute Gasteiger partial charge is 0.491 e. The fourth-order valence-electron chi connectivity index (χ4n) is 2.41. The van der Waals surface area contributed by atoms with Gasteiger partial charge in [0, 0.05) is 11.5 Å². The van der Waals surface area contributed by atoms with Crippen LogP contribution in [0.4, 0.5) is 10.2 Å². The van der Waals surface area contributed by atoms with Crippen LogP contribution in [0.15, 0.2) is 29.1 Å². The van der Waals surface area contributed by atoms with E-state index in [1.54, 1.807) is 0 Å². The van der Waals surface area contributed by atoms with Crippen LogP contribution in [0.1, 0.15) is 20.7 Å². The third-order valence-electron chi connectivity index (χ3n) is 3.47. The number of benzene rings is 1. The number of rotatable bonds is 2.